The summed E-state index contributed by atoms with van der Waals surface area (Å²) in [6.07, 6.45) is -0.688. The number of aliphatic carboxylic acids is 1. The number of rotatable bonds is 8. The summed E-state index contributed by atoms with van der Waals surface area (Å²) >= 11 is 0. The Kier molecular flexibility index (Phi) is 6.71. The predicted molar refractivity (Wildman–Crippen MR) is 94.8 cm³/mol. The van der Waals surface area contributed by atoms with Gasteiger partial charge in [0.05, 0.1) is 18.6 Å². The van der Waals surface area contributed by atoms with Crippen LogP contribution in [-0.2, 0) is 20.9 Å². The molecule has 3 unspecified atom stereocenters. The van der Waals surface area contributed by atoms with Crippen LogP contribution in [-0.4, -0.2) is 23.1 Å². The second kappa shape index (κ2) is 8.99. The fourth-order valence-electron chi connectivity index (χ4n) is 2.44. The van der Waals surface area contributed by atoms with Gasteiger partial charge in [-0.2, -0.15) is 0 Å². The Hall–Kier alpha value is -2.66. The largest absolute Gasteiger partial charge is 0.481 e. The quantitative estimate of drug-likeness (QED) is 0.773. The zero-order chi connectivity index (χ0) is 18.2. The summed E-state index contributed by atoms with van der Waals surface area (Å²) in [7, 11) is 0. The van der Waals surface area contributed by atoms with Crippen molar-refractivity contribution in [3.05, 3.63) is 71.8 Å². The molecule has 0 saturated carbocycles. The summed E-state index contributed by atoms with van der Waals surface area (Å²) in [4.78, 5) is 23.8. The van der Waals surface area contributed by atoms with Gasteiger partial charge >= 0.3 is 5.97 Å². The van der Waals surface area contributed by atoms with Gasteiger partial charge in [-0.05, 0) is 25.0 Å². The maximum Gasteiger partial charge on any atom is 0.308 e. The molecule has 0 aliphatic carbocycles. The third-order valence-corrected chi connectivity index (χ3v) is 4.06. The topological polar surface area (TPSA) is 75.6 Å². The standard InChI is InChI=1S/C20H23NO4/c1-14(20(23)24)18(17-11-7-4-8-12-17)21-19(22)15(2)25-13-16-9-5-3-6-10-16/h3-12,14-15,18H,13H2,1-2H3,(H,21,22)(H,23,24). The lowest BCUT2D eigenvalue weighted by atomic mass is 9.94. The number of carbonyl (C=O) groups is 2. The molecule has 5 heteroatoms. The molecule has 0 aliphatic rings. The van der Waals surface area contributed by atoms with Crippen molar-refractivity contribution in [1.82, 2.24) is 5.32 Å². The van der Waals surface area contributed by atoms with E-state index in [9.17, 15) is 14.7 Å². The first-order valence-electron chi connectivity index (χ1n) is 8.22. The van der Waals surface area contributed by atoms with E-state index in [1.807, 2.05) is 48.5 Å². The first kappa shape index (κ1) is 18.7. The lowest BCUT2D eigenvalue weighted by Gasteiger charge is -2.24. The summed E-state index contributed by atoms with van der Waals surface area (Å²) in [5, 5.41) is 12.1. The molecule has 0 aliphatic heterocycles. The molecule has 0 spiro atoms. The Labute approximate surface area is 147 Å². The minimum atomic E-state index is -0.966. The van der Waals surface area contributed by atoms with Gasteiger partial charge in [0.1, 0.15) is 6.10 Å². The molecular formula is C20H23NO4. The molecule has 0 bridgehead atoms. The minimum absolute atomic E-state index is 0.319. The Morgan fingerprint density at radius 3 is 2.12 bits per heavy atom. The van der Waals surface area contributed by atoms with Crippen molar-refractivity contribution in [3.8, 4) is 0 Å². The summed E-state index contributed by atoms with van der Waals surface area (Å²) < 4.78 is 5.61. The van der Waals surface area contributed by atoms with Crippen molar-refractivity contribution in [3.63, 3.8) is 0 Å². The van der Waals surface area contributed by atoms with Gasteiger partial charge in [0, 0.05) is 0 Å². The average Bonchev–Trinajstić information content (AvgIpc) is 2.64. The van der Waals surface area contributed by atoms with Crippen molar-refractivity contribution in [2.45, 2.75) is 32.6 Å². The molecule has 132 valence electrons. The highest BCUT2D eigenvalue weighted by molar-refractivity contribution is 5.82. The van der Waals surface area contributed by atoms with Crippen molar-refractivity contribution < 1.29 is 19.4 Å². The summed E-state index contributed by atoms with van der Waals surface area (Å²) in [5.74, 6) is -2.06. The van der Waals surface area contributed by atoms with Crippen LogP contribution in [0.25, 0.3) is 0 Å². The molecule has 1 amide bonds. The molecule has 3 atom stereocenters. The molecular weight excluding hydrogens is 318 g/mol. The molecule has 25 heavy (non-hydrogen) atoms. The van der Waals surface area contributed by atoms with Crippen LogP contribution >= 0.6 is 0 Å². The number of hydrogen-bond donors (Lipinski definition) is 2. The van der Waals surface area contributed by atoms with Gasteiger partial charge in [-0.1, -0.05) is 60.7 Å². The highest BCUT2D eigenvalue weighted by Gasteiger charge is 2.28. The highest BCUT2D eigenvalue weighted by atomic mass is 16.5. The van der Waals surface area contributed by atoms with Crippen molar-refractivity contribution in [2.24, 2.45) is 5.92 Å². The molecule has 2 aromatic rings. The van der Waals surface area contributed by atoms with E-state index in [1.54, 1.807) is 26.0 Å². The zero-order valence-electron chi connectivity index (χ0n) is 14.4. The minimum Gasteiger partial charge on any atom is -0.481 e. The normalized spacial score (nSPS) is 14.3. The van der Waals surface area contributed by atoms with E-state index in [0.717, 1.165) is 11.1 Å². The maximum absolute atomic E-state index is 12.4. The third kappa shape index (κ3) is 5.43. The van der Waals surface area contributed by atoms with Gasteiger partial charge in [-0.15, -0.1) is 0 Å². The Balaban J connectivity index is 2.02. The van der Waals surface area contributed by atoms with Crippen LogP contribution in [0.15, 0.2) is 60.7 Å². The van der Waals surface area contributed by atoms with Gasteiger partial charge in [-0.3, -0.25) is 9.59 Å². The molecule has 0 heterocycles. The van der Waals surface area contributed by atoms with E-state index in [4.69, 9.17) is 4.74 Å². The molecule has 0 fully saturated rings. The number of carboxylic acids is 1. The fraction of sp³-hybridized carbons (Fsp3) is 0.300. The summed E-state index contributed by atoms with van der Waals surface area (Å²) in [6, 6.07) is 18.0. The van der Waals surface area contributed by atoms with Gasteiger partial charge < -0.3 is 15.2 Å². The van der Waals surface area contributed by atoms with E-state index < -0.39 is 24.0 Å². The molecule has 2 rings (SSSR count). The van der Waals surface area contributed by atoms with Crippen LogP contribution in [0, 0.1) is 5.92 Å². The third-order valence-electron chi connectivity index (χ3n) is 4.06. The van der Waals surface area contributed by atoms with Gasteiger partial charge in [0.25, 0.3) is 0 Å². The van der Waals surface area contributed by atoms with Crippen molar-refractivity contribution in [2.75, 3.05) is 0 Å². The first-order chi connectivity index (χ1) is 12.0. The molecule has 5 nitrogen and oxygen atoms in total. The van der Waals surface area contributed by atoms with Crippen molar-refractivity contribution >= 4 is 11.9 Å². The molecule has 2 aromatic carbocycles. The predicted octanol–water partition coefficient (Wildman–Crippen LogP) is 3.17. The van der Waals surface area contributed by atoms with Gasteiger partial charge in [-0.25, -0.2) is 0 Å². The summed E-state index contributed by atoms with van der Waals surface area (Å²) in [6.45, 7) is 3.56. The first-order valence-corrected chi connectivity index (χ1v) is 8.22. The molecule has 0 aromatic heterocycles. The van der Waals surface area contributed by atoms with Crippen LogP contribution in [0.4, 0.5) is 0 Å². The highest BCUT2D eigenvalue weighted by Crippen LogP contribution is 2.22. The van der Waals surface area contributed by atoms with E-state index in [1.165, 1.54) is 0 Å². The van der Waals surface area contributed by atoms with E-state index in [-0.39, 0.29) is 5.91 Å². The number of carbonyl (C=O) groups excluding carboxylic acids is 1. The van der Waals surface area contributed by atoms with E-state index in [0.29, 0.717) is 6.61 Å². The summed E-state index contributed by atoms with van der Waals surface area (Å²) in [5.41, 5.74) is 1.72. The number of hydrogen-bond acceptors (Lipinski definition) is 3. The molecule has 0 radical (unpaired) electrons. The molecule has 2 N–H and O–H groups in total. The van der Waals surface area contributed by atoms with Gasteiger partial charge in [0.2, 0.25) is 5.91 Å². The van der Waals surface area contributed by atoms with Crippen LogP contribution in [0.2, 0.25) is 0 Å². The van der Waals surface area contributed by atoms with Gasteiger partial charge in [0.15, 0.2) is 0 Å². The number of benzene rings is 2. The van der Waals surface area contributed by atoms with E-state index in [2.05, 4.69) is 5.32 Å². The number of ether oxygens (including phenoxy) is 1. The second-order valence-corrected chi connectivity index (χ2v) is 5.96. The number of amides is 1. The second-order valence-electron chi connectivity index (χ2n) is 5.96. The Morgan fingerprint density at radius 1 is 1.00 bits per heavy atom. The van der Waals surface area contributed by atoms with Crippen molar-refractivity contribution in [1.29, 1.82) is 0 Å². The number of carboxylic acid groups (broad SMARTS) is 1. The zero-order valence-corrected chi connectivity index (χ0v) is 14.4. The smallest absolute Gasteiger partial charge is 0.308 e. The maximum atomic E-state index is 12.4. The molecule has 0 saturated heterocycles. The Bertz CT molecular complexity index is 687. The average molecular weight is 341 g/mol. The SMILES string of the molecule is CC(OCc1ccccc1)C(=O)NC(c1ccccc1)C(C)C(=O)O. The fourth-order valence-corrected chi connectivity index (χ4v) is 2.44. The van der Waals surface area contributed by atoms with Crippen LogP contribution in [0.1, 0.15) is 31.0 Å². The lowest BCUT2D eigenvalue weighted by Crippen LogP contribution is -2.41. The van der Waals surface area contributed by atoms with E-state index >= 15 is 0 Å². The van der Waals surface area contributed by atoms with Crippen LogP contribution < -0.4 is 5.32 Å². The van der Waals surface area contributed by atoms with Crippen LogP contribution in [0.3, 0.4) is 0 Å². The van der Waals surface area contributed by atoms with Crippen LogP contribution in [0.5, 0.6) is 0 Å². The lowest BCUT2D eigenvalue weighted by molar-refractivity contribution is -0.143. The number of nitrogens with one attached hydrogen (secondary N) is 1. The Morgan fingerprint density at radius 2 is 1.56 bits per heavy atom. The monoisotopic (exact) mass is 341 g/mol.